The normalized spacial score (nSPS) is 10.2. The van der Waals surface area contributed by atoms with Gasteiger partial charge in [-0.1, -0.05) is 6.07 Å². The highest BCUT2D eigenvalue weighted by molar-refractivity contribution is 9.10. The van der Waals surface area contributed by atoms with Crippen molar-refractivity contribution < 1.29 is 8.78 Å². The summed E-state index contributed by atoms with van der Waals surface area (Å²) in [5, 5.41) is 5.94. The van der Waals surface area contributed by atoms with E-state index in [0.29, 0.717) is 0 Å². The van der Waals surface area contributed by atoms with Gasteiger partial charge in [-0.3, -0.25) is 0 Å². The molecule has 0 saturated carbocycles. The highest BCUT2D eigenvalue weighted by Gasteiger charge is 2.05. The van der Waals surface area contributed by atoms with E-state index in [1.165, 1.54) is 12.1 Å². The molecule has 2 N–H and O–H groups in total. The molecule has 104 valence electrons. The lowest BCUT2D eigenvalue weighted by molar-refractivity contribution is 0.584. The van der Waals surface area contributed by atoms with Crippen LogP contribution in [0.3, 0.4) is 0 Å². The second-order valence-electron chi connectivity index (χ2n) is 4.22. The predicted molar refractivity (Wildman–Crippen MR) is 85.1 cm³/mol. The van der Waals surface area contributed by atoms with E-state index in [2.05, 4.69) is 26.6 Å². The molecule has 2 aromatic carbocycles. The van der Waals surface area contributed by atoms with Gasteiger partial charge in [-0.2, -0.15) is 0 Å². The Morgan fingerprint density at radius 3 is 2.30 bits per heavy atom. The maximum atomic E-state index is 13.1. The van der Waals surface area contributed by atoms with Crippen LogP contribution in [0.15, 0.2) is 40.9 Å². The lowest BCUT2D eigenvalue weighted by atomic mass is 10.2. The van der Waals surface area contributed by atoms with Gasteiger partial charge >= 0.3 is 0 Å². The first-order valence-corrected chi connectivity index (χ1v) is 6.94. The van der Waals surface area contributed by atoms with Crippen LogP contribution in [-0.4, -0.2) is 5.11 Å². The molecule has 2 rings (SSSR count). The summed E-state index contributed by atoms with van der Waals surface area (Å²) in [5.41, 5.74) is 2.13. The molecule has 2 nitrogen and oxygen atoms in total. The van der Waals surface area contributed by atoms with Crippen molar-refractivity contribution in [3.05, 3.63) is 58.1 Å². The van der Waals surface area contributed by atoms with Crippen molar-refractivity contribution in [3.63, 3.8) is 0 Å². The smallest absolute Gasteiger partial charge is 0.175 e. The SMILES string of the molecule is Cc1ccc(NC(=S)Nc2cc(F)cc(F)c2)c(Br)c1. The quantitative estimate of drug-likeness (QED) is 0.752. The van der Waals surface area contributed by atoms with E-state index < -0.39 is 11.6 Å². The highest BCUT2D eigenvalue weighted by atomic mass is 79.9. The number of halogens is 3. The minimum absolute atomic E-state index is 0.250. The molecule has 0 aliphatic rings. The number of thiocarbonyl (C=S) groups is 1. The van der Waals surface area contributed by atoms with Crippen molar-refractivity contribution in [2.45, 2.75) is 6.92 Å². The van der Waals surface area contributed by atoms with Gasteiger partial charge in [0.05, 0.1) is 5.69 Å². The number of rotatable bonds is 2. The Morgan fingerprint density at radius 2 is 1.70 bits per heavy atom. The van der Waals surface area contributed by atoms with Crippen LogP contribution in [0.5, 0.6) is 0 Å². The summed E-state index contributed by atoms with van der Waals surface area (Å²) >= 11 is 8.52. The van der Waals surface area contributed by atoms with Crippen molar-refractivity contribution in [2.24, 2.45) is 0 Å². The molecule has 0 aliphatic carbocycles. The third-order valence-corrected chi connectivity index (χ3v) is 3.35. The standard InChI is InChI=1S/C14H11BrF2N2S/c1-8-2-3-13(12(15)4-8)19-14(20)18-11-6-9(16)5-10(17)7-11/h2-7H,1H3,(H2,18,19,20). The maximum Gasteiger partial charge on any atom is 0.175 e. The van der Waals surface area contributed by atoms with Gasteiger partial charge in [0.15, 0.2) is 5.11 Å². The van der Waals surface area contributed by atoms with Gasteiger partial charge in [-0.25, -0.2) is 8.78 Å². The molecule has 2 aromatic rings. The Bertz CT molecular complexity index is 641. The Balaban J connectivity index is 2.09. The molecule has 0 aliphatic heterocycles. The lowest BCUT2D eigenvalue weighted by Crippen LogP contribution is -2.19. The van der Waals surface area contributed by atoms with Gasteiger partial charge in [0.2, 0.25) is 0 Å². The van der Waals surface area contributed by atoms with E-state index >= 15 is 0 Å². The number of hydrogen-bond donors (Lipinski definition) is 2. The summed E-state index contributed by atoms with van der Waals surface area (Å²) in [7, 11) is 0. The molecule has 20 heavy (non-hydrogen) atoms. The van der Waals surface area contributed by atoms with Crippen molar-refractivity contribution in [2.75, 3.05) is 10.6 Å². The summed E-state index contributed by atoms with van der Waals surface area (Å²) in [6, 6.07) is 8.87. The Kier molecular flexibility index (Phi) is 4.67. The molecule has 0 atom stereocenters. The van der Waals surface area contributed by atoms with Crippen LogP contribution in [-0.2, 0) is 0 Å². The Labute approximate surface area is 129 Å². The summed E-state index contributed by atoms with van der Waals surface area (Å²) in [4.78, 5) is 0. The molecule has 0 radical (unpaired) electrons. The van der Waals surface area contributed by atoms with Gasteiger partial charge in [-0.05, 0) is 64.9 Å². The number of anilines is 2. The number of aryl methyl sites for hydroxylation is 1. The third kappa shape index (κ3) is 3.98. The summed E-state index contributed by atoms with van der Waals surface area (Å²) < 4.78 is 27.0. The maximum absolute atomic E-state index is 13.1. The van der Waals surface area contributed by atoms with E-state index in [4.69, 9.17) is 12.2 Å². The first kappa shape index (κ1) is 14.9. The van der Waals surface area contributed by atoms with Gasteiger partial charge < -0.3 is 10.6 Å². The van der Waals surface area contributed by atoms with E-state index in [1.54, 1.807) is 0 Å². The zero-order valence-electron chi connectivity index (χ0n) is 10.5. The number of nitrogens with one attached hydrogen (secondary N) is 2. The highest BCUT2D eigenvalue weighted by Crippen LogP contribution is 2.23. The van der Waals surface area contributed by atoms with Gasteiger partial charge in [-0.15, -0.1) is 0 Å². The fourth-order valence-electron chi connectivity index (χ4n) is 1.63. The van der Waals surface area contributed by atoms with Crippen molar-refractivity contribution in [1.82, 2.24) is 0 Å². The summed E-state index contributed by atoms with van der Waals surface area (Å²) in [6.45, 7) is 1.97. The van der Waals surface area contributed by atoms with Crippen LogP contribution in [0.25, 0.3) is 0 Å². The first-order valence-electron chi connectivity index (χ1n) is 5.74. The fraction of sp³-hybridized carbons (Fsp3) is 0.0714. The number of hydrogen-bond acceptors (Lipinski definition) is 1. The third-order valence-electron chi connectivity index (χ3n) is 2.49. The van der Waals surface area contributed by atoms with Crippen LogP contribution < -0.4 is 10.6 Å². The molecule has 0 heterocycles. The molecular weight excluding hydrogens is 346 g/mol. The zero-order chi connectivity index (χ0) is 14.7. The van der Waals surface area contributed by atoms with Gasteiger partial charge in [0.25, 0.3) is 0 Å². The summed E-state index contributed by atoms with van der Waals surface area (Å²) in [6.07, 6.45) is 0. The molecule has 0 unspecified atom stereocenters. The molecule has 0 fully saturated rings. The first-order chi connectivity index (χ1) is 9.44. The monoisotopic (exact) mass is 356 g/mol. The van der Waals surface area contributed by atoms with Crippen LogP contribution in [0.2, 0.25) is 0 Å². The van der Waals surface area contributed by atoms with Crippen molar-refractivity contribution >= 4 is 44.6 Å². The molecule has 6 heteroatoms. The Hall–Kier alpha value is -1.53. The van der Waals surface area contributed by atoms with E-state index in [9.17, 15) is 8.78 Å². The average molecular weight is 357 g/mol. The average Bonchev–Trinajstić information content (AvgIpc) is 2.31. The van der Waals surface area contributed by atoms with E-state index in [-0.39, 0.29) is 10.8 Å². The number of benzene rings is 2. The molecule has 0 amide bonds. The van der Waals surface area contributed by atoms with Crippen LogP contribution in [0.1, 0.15) is 5.56 Å². The van der Waals surface area contributed by atoms with E-state index in [0.717, 1.165) is 21.8 Å². The van der Waals surface area contributed by atoms with Crippen LogP contribution in [0, 0.1) is 18.6 Å². The lowest BCUT2D eigenvalue weighted by Gasteiger charge is -2.12. The predicted octanol–water partition coefficient (Wildman–Crippen LogP) is 4.84. The summed E-state index contributed by atoms with van der Waals surface area (Å²) in [5.74, 6) is -1.32. The van der Waals surface area contributed by atoms with Gasteiger partial charge in [0, 0.05) is 16.2 Å². The largest absolute Gasteiger partial charge is 0.332 e. The molecular formula is C14H11BrF2N2S. The van der Waals surface area contributed by atoms with Crippen molar-refractivity contribution in [1.29, 1.82) is 0 Å². The molecule has 0 spiro atoms. The Morgan fingerprint density at radius 1 is 1.05 bits per heavy atom. The molecule has 0 bridgehead atoms. The second-order valence-corrected chi connectivity index (χ2v) is 5.48. The molecule has 0 saturated heterocycles. The molecule has 0 aromatic heterocycles. The van der Waals surface area contributed by atoms with Crippen molar-refractivity contribution in [3.8, 4) is 0 Å². The van der Waals surface area contributed by atoms with E-state index in [1.807, 2.05) is 25.1 Å². The van der Waals surface area contributed by atoms with Crippen LogP contribution >= 0.6 is 28.1 Å². The minimum Gasteiger partial charge on any atom is -0.332 e. The van der Waals surface area contributed by atoms with Gasteiger partial charge in [0.1, 0.15) is 11.6 Å². The zero-order valence-corrected chi connectivity index (χ0v) is 12.9. The minimum atomic E-state index is -0.660. The second kappa shape index (κ2) is 6.28. The van der Waals surface area contributed by atoms with Crippen LogP contribution in [0.4, 0.5) is 20.2 Å². The fourth-order valence-corrected chi connectivity index (χ4v) is 2.45. The topological polar surface area (TPSA) is 24.1 Å².